The second-order valence-corrected chi connectivity index (χ2v) is 8.78. The molecule has 0 radical (unpaired) electrons. The van der Waals surface area contributed by atoms with Gasteiger partial charge in [-0.2, -0.15) is 0 Å². The normalized spacial score (nSPS) is 12.6. The van der Waals surface area contributed by atoms with E-state index < -0.39 is 5.97 Å². The molecule has 0 saturated heterocycles. The molecule has 3 heteroatoms. The Balaban J connectivity index is 0. The van der Waals surface area contributed by atoms with E-state index in [1.165, 1.54) is 96.0 Å². The molecule has 0 rings (SSSR count). The van der Waals surface area contributed by atoms with Gasteiger partial charge >= 0.3 is 5.97 Å². The molecule has 174 valence electrons. The maximum absolute atomic E-state index is 10.1. The Morgan fingerprint density at radius 2 is 1.31 bits per heavy atom. The first-order chi connectivity index (χ1) is 13.9. The fraction of sp³-hybridized carbons (Fsp3) is 0.885. The number of allylic oxidation sites excluding steroid dienone is 1. The van der Waals surface area contributed by atoms with Crippen LogP contribution in [0.4, 0.5) is 0 Å². The van der Waals surface area contributed by atoms with Gasteiger partial charge < -0.3 is 10.8 Å². The summed E-state index contributed by atoms with van der Waals surface area (Å²) in [6.45, 7) is 11.4. The number of rotatable bonds is 18. The molecular formula is C26H53NO2. The number of unbranched alkanes of at least 4 members (excludes halogenated alkanes) is 9. The Bertz CT molecular complexity index is 371. The molecule has 1 atom stereocenters. The Kier molecular flexibility index (Phi) is 22.9. The van der Waals surface area contributed by atoms with Gasteiger partial charge in [-0.15, -0.1) is 0 Å². The van der Waals surface area contributed by atoms with Crippen molar-refractivity contribution in [2.45, 2.75) is 143 Å². The molecule has 0 amide bonds. The largest absolute Gasteiger partial charge is 0.478 e. The summed E-state index contributed by atoms with van der Waals surface area (Å²) in [7, 11) is 0. The SMILES string of the molecule is CCCCC(C)C(N)(CCCC)CCCC.CCCCCCCCC=CC(=O)O. The highest BCUT2D eigenvalue weighted by atomic mass is 16.4. The van der Waals surface area contributed by atoms with Gasteiger partial charge in [0.1, 0.15) is 0 Å². The lowest BCUT2D eigenvalue weighted by Gasteiger charge is -2.36. The molecule has 0 aromatic heterocycles. The summed E-state index contributed by atoms with van der Waals surface area (Å²) >= 11 is 0. The minimum absolute atomic E-state index is 0.112. The average molecular weight is 412 g/mol. The summed E-state index contributed by atoms with van der Waals surface area (Å²) < 4.78 is 0. The van der Waals surface area contributed by atoms with Gasteiger partial charge in [0.05, 0.1) is 0 Å². The lowest BCUT2D eigenvalue weighted by atomic mass is 9.76. The van der Waals surface area contributed by atoms with E-state index in [-0.39, 0.29) is 5.54 Å². The van der Waals surface area contributed by atoms with Crippen LogP contribution in [0.5, 0.6) is 0 Å². The van der Waals surface area contributed by atoms with E-state index in [2.05, 4.69) is 34.6 Å². The first-order valence-electron chi connectivity index (χ1n) is 12.6. The van der Waals surface area contributed by atoms with Crippen molar-refractivity contribution in [2.75, 3.05) is 0 Å². The molecule has 0 aliphatic heterocycles. The van der Waals surface area contributed by atoms with Crippen LogP contribution in [-0.4, -0.2) is 16.6 Å². The third kappa shape index (κ3) is 20.2. The van der Waals surface area contributed by atoms with Gasteiger partial charge in [-0.1, -0.05) is 111 Å². The van der Waals surface area contributed by atoms with Crippen LogP contribution in [-0.2, 0) is 4.79 Å². The number of carbonyl (C=O) groups is 1. The van der Waals surface area contributed by atoms with Crippen molar-refractivity contribution >= 4 is 5.97 Å². The van der Waals surface area contributed by atoms with Crippen LogP contribution in [0.25, 0.3) is 0 Å². The summed E-state index contributed by atoms with van der Waals surface area (Å²) in [4.78, 5) is 10.1. The van der Waals surface area contributed by atoms with Gasteiger partial charge in [0, 0.05) is 11.6 Å². The molecule has 3 N–H and O–H groups in total. The third-order valence-electron chi connectivity index (χ3n) is 5.95. The minimum Gasteiger partial charge on any atom is -0.478 e. The van der Waals surface area contributed by atoms with Gasteiger partial charge in [0.25, 0.3) is 0 Å². The molecular weight excluding hydrogens is 358 g/mol. The van der Waals surface area contributed by atoms with Crippen LogP contribution in [0.3, 0.4) is 0 Å². The molecule has 0 saturated carbocycles. The molecule has 0 aliphatic rings. The van der Waals surface area contributed by atoms with Crippen molar-refractivity contribution in [3.63, 3.8) is 0 Å². The quantitative estimate of drug-likeness (QED) is 0.176. The molecule has 1 unspecified atom stereocenters. The monoisotopic (exact) mass is 411 g/mol. The maximum atomic E-state index is 10.1. The number of hydrogen-bond acceptors (Lipinski definition) is 2. The molecule has 0 aromatic rings. The van der Waals surface area contributed by atoms with Crippen LogP contribution < -0.4 is 5.73 Å². The standard InChI is InChI=1S/C15H33N.C11H20O2/c1-5-8-11-14(4)15(16,12-9-6-2)13-10-7-3;1-2-3-4-5-6-7-8-9-10-11(12)13/h14H,5-13,16H2,1-4H3;9-10H,2-8H2,1H3,(H,12,13). The zero-order valence-corrected chi connectivity index (χ0v) is 20.5. The van der Waals surface area contributed by atoms with Gasteiger partial charge in [-0.25, -0.2) is 4.79 Å². The molecule has 0 heterocycles. The number of nitrogens with two attached hydrogens (primary N) is 1. The van der Waals surface area contributed by atoms with Gasteiger partial charge in [0.2, 0.25) is 0 Å². The number of hydrogen-bond donors (Lipinski definition) is 2. The molecule has 3 nitrogen and oxygen atoms in total. The first kappa shape index (κ1) is 30.4. The molecule has 0 bridgehead atoms. The van der Waals surface area contributed by atoms with Crippen molar-refractivity contribution in [1.29, 1.82) is 0 Å². The van der Waals surface area contributed by atoms with Crippen LogP contribution in [0.1, 0.15) is 137 Å². The van der Waals surface area contributed by atoms with Crippen molar-refractivity contribution in [3.8, 4) is 0 Å². The van der Waals surface area contributed by atoms with E-state index >= 15 is 0 Å². The third-order valence-corrected chi connectivity index (χ3v) is 5.95. The smallest absolute Gasteiger partial charge is 0.327 e. The van der Waals surface area contributed by atoms with Crippen molar-refractivity contribution in [3.05, 3.63) is 12.2 Å². The minimum atomic E-state index is -0.842. The predicted octanol–water partition coefficient (Wildman–Crippen LogP) is 8.27. The van der Waals surface area contributed by atoms with Crippen molar-refractivity contribution in [2.24, 2.45) is 11.7 Å². The van der Waals surface area contributed by atoms with E-state index in [0.29, 0.717) is 5.92 Å². The second-order valence-electron chi connectivity index (χ2n) is 8.78. The van der Waals surface area contributed by atoms with Crippen molar-refractivity contribution < 1.29 is 9.90 Å². The van der Waals surface area contributed by atoms with E-state index in [0.717, 1.165) is 12.8 Å². The van der Waals surface area contributed by atoms with Crippen LogP contribution in [0.2, 0.25) is 0 Å². The molecule has 0 fully saturated rings. The summed E-state index contributed by atoms with van der Waals surface area (Å²) in [5.41, 5.74) is 6.77. The van der Waals surface area contributed by atoms with Crippen LogP contribution >= 0.6 is 0 Å². The van der Waals surface area contributed by atoms with E-state index in [1.54, 1.807) is 6.08 Å². The van der Waals surface area contributed by atoms with Crippen LogP contribution in [0, 0.1) is 5.92 Å². The van der Waals surface area contributed by atoms with Crippen molar-refractivity contribution in [1.82, 2.24) is 0 Å². The summed E-state index contributed by atoms with van der Waals surface area (Å²) in [5, 5.41) is 8.30. The maximum Gasteiger partial charge on any atom is 0.327 e. The summed E-state index contributed by atoms with van der Waals surface area (Å²) in [6, 6.07) is 0. The second kappa shape index (κ2) is 21.9. The molecule has 0 spiro atoms. The Morgan fingerprint density at radius 3 is 1.79 bits per heavy atom. The Labute approximate surface area is 182 Å². The summed E-state index contributed by atoms with van der Waals surface area (Å²) in [5.74, 6) is -0.156. The highest BCUT2D eigenvalue weighted by Crippen LogP contribution is 2.30. The lowest BCUT2D eigenvalue weighted by molar-refractivity contribution is -0.131. The topological polar surface area (TPSA) is 63.3 Å². The first-order valence-corrected chi connectivity index (χ1v) is 12.6. The fourth-order valence-electron chi connectivity index (χ4n) is 3.65. The van der Waals surface area contributed by atoms with Gasteiger partial charge in [0.15, 0.2) is 0 Å². The van der Waals surface area contributed by atoms with Crippen LogP contribution in [0.15, 0.2) is 12.2 Å². The lowest BCUT2D eigenvalue weighted by Crippen LogP contribution is -2.46. The van der Waals surface area contributed by atoms with E-state index in [4.69, 9.17) is 10.8 Å². The average Bonchev–Trinajstić information content (AvgIpc) is 2.71. The van der Waals surface area contributed by atoms with Gasteiger partial charge in [-0.05, 0) is 38.0 Å². The fourth-order valence-corrected chi connectivity index (χ4v) is 3.65. The molecule has 0 aliphatic carbocycles. The van der Waals surface area contributed by atoms with E-state index in [1.807, 2.05) is 0 Å². The Hall–Kier alpha value is -0.830. The Morgan fingerprint density at radius 1 is 0.828 bits per heavy atom. The zero-order valence-electron chi connectivity index (χ0n) is 20.5. The highest BCUT2D eigenvalue weighted by Gasteiger charge is 2.29. The molecule has 0 aromatic carbocycles. The summed E-state index contributed by atoms with van der Waals surface area (Å²) in [6.07, 6.45) is 22.9. The number of carboxylic acid groups (broad SMARTS) is 1. The molecule has 29 heavy (non-hydrogen) atoms. The van der Waals surface area contributed by atoms with Gasteiger partial charge in [-0.3, -0.25) is 0 Å². The number of aliphatic carboxylic acids is 1. The van der Waals surface area contributed by atoms with E-state index in [9.17, 15) is 4.79 Å². The predicted molar refractivity (Wildman–Crippen MR) is 129 cm³/mol. The number of carboxylic acids is 1. The zero-order chi connectivity index (χ0) is 22.4. The highest BCUT2D eigenvalue weighted by molar-refractivity contribution is 5.79.